The van der Waals surface area contributed by atoms with E-state index in [2.05, 4.69) is 36.1 Å². The Morgan fingerprint density at radius 2 is 1.84 bits per heavy atom. The van der Waals surface area contributed by atoms with Crippen molar-refractivity contribution >= 4 is 5.91 Å². The van der Waals surface area contributed by atoms with Crippen LogP contribution in [0.3, 0.4) is 0 Å². The molecule has 1 aromatic heterocycles. The molecule has 0 fully saturated rings. The number of pyridine rings is 1. The largest absolute Gasteiger partial charge is 1.00 e. The van der Waals surface area contributed by atoms with Gasteiger partial charge in [-0.1, -0.05) is 19.9 Å². The molecular weight excluding hydrogens is 304 g/mol. The van der Waals surface area contributed by atoms with E-state index in [0.29, 0.717) is 12.3 Å². The van der Waals surface area contributed by atoms with Crippen molar-refractivity contribution in [2.75, 3.05) is 6.54 Å². The number of carbonyl (C=O) groups excluding carboxylic acids is 1. The number of aryl methyl sites for hydroxylation is 1. The van der Waals surface area contributed by atoms with Crippen molar-refractivity contribution in [2.45, 2.75) is 46.1 Å². The van der Waals surface area contributed by atoms with Crippen LogP contribution < -0.4 is 26.9 Å². The fourth-order valence-corrected chi connectivity index (χ4v) is 1.75. The first kappa shape index (κ1) is 18.1. The summed E-state index contributed by atoms with van der Waals surface area (Å²) in [5.41, 5.74) is 0. The highest BCUT2D eigenvalue weighted by Crippen LogP contribution is 1.98. The molecule has 1 amide bonds. The lowest BCUT2D eigenvalue weighted by molar-refractivity contribution is -0.697. The van der Waals surface area contributed by atoms with Gasteiger partial charge < -0.3 is 22.3 Å². The predicted octanol–water partition coefficient (Wildman–Crippen LogP) is -0.689. The predicted molar refractivity (Wildman–Crippen MR) is 73.0 cm³/mol. The van der Waals surface area contributed by atoms with Crippen LogP contribution in [0.15, 0.2) is 30.6 Å². The number of hydrogen-bond acceptors (Lipinski definition) is 1. The number of hydrogen-bond donors (Lipinski definition) is 1. The van der Waals surface area contributed by atoms with Crippen molar-refractivity contribution in [3.63, 3.8) is 0 Å². The Labute approximate surface area is 127 Å². The third-order valence-corrected chi connectivity index (χ3v) is 2.89. The summed E-state index contributed by atoms with van der Waals surface area (Å²) in [6.07, 6.45) is 7.82. The van der Waals surface area contributed by atoms with Gasteiger partial charge in [-0.2, -0.15) is 0 Å². The van der Waals surface area contributed by atoms with E-state index < -0.39 is 0 Å². The normalized spacial score (nSPS) is 10.1. The lowest BCUT2D eigenvalue weighted by atomic mass is 10.1. The number of unbranched alkanes of at least 4 members (excludes halogenated alkanes) is 1. The topological polar surface area (TPSA) is 33.0 Å². The maximum absolute atomic E-state index is 11.5. The first-order chi connectivity index (χ1) is 8.68. The van der Waals surface area contributed by atoms with E-state index in [1.807, 2.05) is 18.2 Å². The van der Waals surface area contributed by atoms with Gasteiger partial charge in [-0.25, -0.2) is 4.57 Å². The smallest absolute Gasteiger partial charge is 0.219 e. The molecule has 0 unspecified atom stereocenters. The molecule has 0 saturated carbocycles. The SMILES string of the molecule is CC(C)CCNC(=O)CCCC[n+]1ccccc1.[Br-]. The van der Waals surface area contributed by atoms with Crippen LogP contribution in [0, 0.1) is 5.92 Å². The average Bonchev–Trinajstić information content (AvgIpc) is 2.35. The molecule has 0 aliphatic carbocycles. The quantitative estimate of drug-likeness (QED) is 0.497. The molecule has 0 aliphatic rings. The number of carbonyl (C=O) groups is 1. The van der Waals surface area contributed by atoms with Gasteiger partial charge in [0.15, 0.2) is 12.4 Å². The Bertz CT molecular complexity index is 341. The maximum Gasteiger partial charge on any atom is 0.219 e. The molecule has 1 N–H and O–H groups in total. The highest BCUT2D eigenvalue weighted by Gasteiger charge is 2.03. The summed E-state index contributed by atoms with van der Waals surface area (Å²) in [6, 6.07) is 6.07. The standard InChI is InChI=1S/C15H24N2O.BrH/c1-14(2)9-10-16-15(18)8-4-7-13-17-11-5-3-6-12-17;/h3,5-6,11-12,14H,4,7-10,13H2,1-2H3;1H. The van der Waals surface area contributed by atoms with E-state index in [1.165, 1.54) is 0 Å². The monoisotopic (exact) mass is 328 g/mol. The van der Waals surface area contributed by atoms with Crippen molar-refractivity contribution in [3.05, 3.63) is 30.6 Å². The number of amides is 1. The van der Waals surface area contributed by atoms with Crippen LogP contribution in [0.1, 0.15) is 39.5 Å². The van der Waals surface area contributed by atoms with Crippen LogP contribution in [0.5, 0.6) is 0 Å². The summed E-state index contributed by atoms with van der Waals surface area (Å²) in [5, 5.41) is 2.97. The number of halogens is 1. The van der Waals surface area contributed by atoms with Crippen molar-refractivity contribution < 1.29 is 26.3 Å². The van der Waals surface area contributed by atoms with Gasteiger partial charge in [0.05, 0.1) is 0 Å². The van der Waals surface area contributed by atoms with Gasteiger partial charge in [0, 0.05) is 31.5 Å². The first-order valence-corrected chi connectivity index (χ1v) is 6.89. The average molecular weight is 329 g/mol. The van der Waals surface area contributed by atoms with Gasteiger partial charge >= 0.3 is 0 Å². The summed E-state index contributed by atoms with van der Waals surface area (Å²) in [5.74, 6) is 0.841. The van der Waals surface area contributed by atoms with E-state index in [9.17, 15) is 4.79 Å². The minimum absolute atomic E-state index is 0. The van der Waals surface area contributed by atoms with E-state index in [4.69, 9.17) is 0 Å². The van der Waals surface area contributed by atoms with Gasteiger partial charge in [-0.3, -0.25) is 4.79 Å². The fraction of sp³-hybridized carbons (Fsp3) is 0.600. The van der Waals surface area contributed by atoms with Crippen molar-refractivity contribution in [1.29, 1.82) is 0 Å². The molecule has 0 bridgehead atoms. The van der Waals surface area contributed by atoms with Crippen LogP contribution in [-0.4, -0.2) is 12.5 Å². The molecule has 108 valence electrons. The first-order valence-electron chi connectivity index (χ1n) is 6.89. The number of rotatable bonds is 8. The van der Waals surface area contributed by atoms with Crippen molar-refractivity contribution in [2.24, 2.45) is 5.92 Å². The maximum atomic E-state index is 11.5. The van der Waals surface area contributed by atoms with Crippen LogP contribution in [0.25, 0.3) is 0 Å². The van der Waals surface area contributed by atoms with Gasteiger partial charge in [0.25, 0.3) is 0 Å². The third-order valence-electron chi connectivity index (χ3n) is 2.89. The van der Waals surface area contributed by atoms with Crippen molar-refractivity contribution in [1.82, 2.24) is 5.32 Å². The van der Waals surface area contributed by atoms with E-state index in [1.54, 1.807) is 0 Å². The Morgan fingerprint density at radius 1 is 1.16 bits per heavy atom. The summed E-state index contributed by atoms with van der Waals surface area (Å²) < 4.78 is 2.15. The molecule has 1 aromatic rings. The second-order valence-corrected chi connectivity index (χ2v) is 5.10. The lowest BCUT2D eigenvalue weighted by Crippen LogP contribution is -3.00. The molecule has 0 atom stereocenters. The molecule has 0 aliphatic heterocycles. The number of nitrogens with zero attached hydrogens (tertiary/aromatic N) is 1. The van der Waals surface area contributed by atoms with Crippen LogP contribution in [0.2, 0.25) is 0 Å². The molecule has 4 heteroatoms. The molecule has 1 rings (SSSR count). The van der Waals surface area contributed by atoms with E-state index in [0.717, 1.165) is 32.4 Å². The summed E-state index contributed by atoms with van der Waals surface area (Å²) in [7, 11) is 0. The Balaban J connectivity index is 0.00000324. The fourth-order valence-electron chi connectivity index (χ4n) is 1.75. The summed E-state index contributed by atoms with van der Waals surface area (Å²) >= 11 is 0. The minimum Gasteiger partial charge on any atom is -1.00 e. The summed E-state index contributed by atoms with van der Waals surface area (Å²) in [6.45, 7) is 6.14. The molecule has 1 heterocycles. The van der Waals surface area contributed by atoms with Gasteiger partial charge in [-0.15, -0.1) is 0 Å². The minimum atomic E-state index is 0. The highest BCUT2D eigenvalue weighted by atomic mass is 79.9. The van der Waals surface area contributed by atoms with Gasteiger partial charge in [0.1, 0.15) is 6.54 Å². The second kappa shape index (κ2) is 11.0. The van der Waals surface area contributed by atoms with E-state index >= 15 is 0 Å². The molecule has 19 heavy (non-hydrogen) atoms. The molecule has 3 nitrogen and oxygen atoms in total. The van der Waals surface area contributed by atoms with E-state index in [-0.39, 0.29) is 22.9 Å². The number of aromatic nitrogens is 1. The van der Waals surface area contributed by atoms with Crippen LogP contribution >= 0.6 is 0 Å². The zero-order valence-corrected chi connectivity index (χ0v) is 13.5. The number of nitrogens with one attached hydrogen (secondary N) is 1. The Kier molecular flexibility index (Phi) is 10.5. The molecule has 0 radical (unpaired) electrons. The van der Waals surface area contributed by atoms with Gasteiger partial charge in [-0.05, 0) is 18.8 Å². The Hall–Kier alpha value is -0.900. The second-order valence-electron chi connectivity index (χ2n) is 5.10. The molecule has 0 aromatic carbocycles. The lowest BCUT2D eigenvalue weighted by Gasteiger charge is -2.06. The molecule has 0 saturated heterocycles. The molecule has 0 spiro atoms. The van der Waals surface area contributed by atoms with Gasteiger partial charge in [0.2, 0.25) is 5.91 Å². The Morgan fingerprint density at radius 3 is 2.47 bits per heavy atom. The van der Waals surface area contributed by atoms with Crippen LogP contribution in [0.4, 0.5) is 0 Å². The zero-order valence-electron chi connectivity index (χ0n) is 11.9. The van der Waals surface area contributed by atoms with Crippen molar-refractivity contribution in [3.8, 4) is 0 Å². The third kappa shape index (κ3) is 9.65. The molecular formula is C15H25BrN2O. The summed E-state index contributed by atoms with van der Waals surface area (Å²) in [4.78, 5) is 11.5. The van der Waals surface area contributed by atoms with Crippen LogP contribution in [-0.2, 0) is 11.3 Å². The highest BCUT2D eigenvalue weighted by molar-refractivity contribution is 5.75. The zero-order chi connectivity index (χ0) is 13.2.